The van der Waals surface area contributed by atoms with Gasteiger partial charge >= 0.3 is 0 Å². The van der Waals surface area contributed by atoms with Gasteiger partial charge in [0.15, 0.2) is 0 Å². The van der Waals surface area contributed by atoms with E-state index < -0.39 is 0 Å². The normalized spacial score (nSPS) is 11.0. The average molecular weight is 418 g/mol. The Labute approximate surface area is 179 Å². The molecule has 0 spiro atoms. The summed E-state index contributed by atoms with van der Waals surface area (Å²) in [5.41, 5.74) is 5.43. The van der Waals surface area contributed by atoms with E-state index in [0.29, 0.717) is 23.9 Å². The molecule has 1 N–H and O–H groups in total. The maximum atomic E-state index is 13.1. The smallest absolute Gasteiger partial charge is 0.249 e. The van der Waals surface area contributed by atoms with Gasteiger partial charge < -0.3 is 14.3 Å². The predicted octanol–water partition coefficient (Wildman–Crippen LogP) is 4.59. The van der Waals surface area contributed by atoms with Gasteiger partial charge in [0, 0.05) is 23.5 Å². The molecule has 31 heavy (non-hydrogen) atoms. The third-order valence-electron chi connectivity index (χ3n) is 5.36. The number of benzene rings is 2. The highest BCUT2D eigenvalue weighted by atomic mass is 19.1. The molecular formula is C24H23FN4O2. The molecule has 0 atom stereocenters. The third kappa shape index (κ3) is 4.40. The number of nitrogens with one attached hydrogen (secondary N) is 1. The lowest BCUT2D eigenvalue weighted by molar-refractivity contribution is -0.121. The quantitative estimate of drug-likeness (QED) is 0.497. The minimum absolute atomic E-state index is 0.0749. The molecule has 1 amide bonds. The van der Waals surface area contributed by atoms with Crippen molar-refractivity contribution in [2.75, 3.05) is 0 Å². The molecule has 0 radical (unpaired) electrons. The number of amides is 1. The van der Waals surface area contributed by atoms with Crippen molar-refractivity contribution < 1.29 is 13.6 Å². The summed E-state index contributed by atoms with van der Waals surface area (Å²) in [5.74, 6) is 0.275. The Balaban J connectivity index is 1.49. The first-order valence-corrected chi connectivity index (χ1v) is 10.00. The molecule has 0 bridgehead atoms. The van der Waals surface area contributed by atoms with Crippen LogP contribution in [0.4, 0.5) is 4.39 Å². The zero-order valence-electron chi connectivity index (χ0n) is 17.6. The van der Waals surface area contributed by atoms with E-state index >= 15 is 0 Å². The van der Waals surface area contributed by atoms with Crippen LogP contribution >= 0.6 is 0 Å². The van der Waals surface area contributed by atoms with Gasteiger partial charge in [-0.25, -0.2) is 4.39 Å². The van der Waals surface area contributed by atoms with Gasteiger partial charge in [0.25, 0.3) is 0 Å². The Hall–Kier alpha value is -3.74. The summed E-state index contributed by atoms with van der Waals surface area (Å²) in [4.78, 5) is 12.5. The summed E-state index contributed by atoms with van der Waals surface area (Å²) >= 11 is 0. The van der Waals surface area contributed by atoms with Crippen molar-refractivity contribution in [3.8, 4) is 22.9 Å². The average Bonchev–Trinajstić information content (AvgIpc) is 3.34. The van der Waals surface area contributed by atoms with Crippen LogP contribution < -0.4 is 5.32 Å². The fraction of sp³-hybridized carbons (Fsp3) is 0.208. The Kier molecular flexibility index (Phi) is 5.66. The van der Waals surface area contributed by atoms with Crippen LogP contribution in [0.5, 0.6) is 0 Å². The van der Waals surface area contributed by atoms with Crippen LogP contribution in [0.15, 0.2) is 59.0 Å². The zero-order valence-corrected chi connectivity index (χ0v) is 17.6. The number of halogens is 1. The molecule has 2 aromatic heterocycles. The van der Waals surface area contributed by atoms with Crippen molar-refractivity contribution >= 4 is 5.91 Å². The van der Waals surface area contributed by atoms with Crippen LogP contribution in [0.25, 0.3) is 22.9 Å². The van der Waals surface area contributed by atoms with Crippen molar-refractivity contribution in [2.45, 2.75) is 33.9 Å². The fourth-order valence-corrected chi connectivity index (χ4v) is 3.50. The van der Waals surface area contributed by atoms with E-state index in [2.05, 4.69) is 15.5 Å². The van der Waals surface area contributed by atoms with Gasteiger partial charge in [0.2, 0.25) is 17.7 Å². The number of aromatic nitrogens is 3. The molecule has 0 aliphatic heterocycles. The van der Waals surface area contributed by atoms with Crippen LogP contribution in [0.1, 0.15) is 22.5 Å². The minimum Gasteiger partial charge on any atom is -0.416 e. The van der Waals surface area contributed by atoms with E-state index in [-0.39, 0.29) is 18.3 Å². The standard InChI is InChI=1S/C24H23FN4O2/c1-15-6-4-5-7-19(15)13-26-22(30)14-29-16(2)12-21(17(29)3)24-28-27-23(31-24)18-8-10-20(25)11-9-18/h4-12H,13-14H2,1-3H3,(H,26,30). The lowest BCUT2D eigenvalue weighted by atomic mass is 10.1. The van der Waals surface area contributed by atoms with E-state index in [1.165, 1.54) is 12.1 Å². The van der Waals surface area contributed by atoms with E-state index in [1.807, 2.05) is 55.7 Å². The van der Waals surface area contributed by atoms with Crippen LogP contribution in [0.3, 0.4) is 0 Å². The number of aryl methyl sites for hydroxylation is 2. The molecule has 6 nitrogen and oxygen atoms in total. The summed E-state index contributed by atoms with van der Waals surface area (Å²) in [6, 6.07) is 15.8. The van der Waals surface area contributed by atoms with Gasteiger partial charge in [0.1, 0.15) is 12.4 Å². The first-order chi connectivity index (χ1) is 14.9. The van der Waals surface area contributed by atoms with Crippen LogP contribution in [0.2, 0.25) is 0 Å². The molecule has 4 aromatic rings. The summed E-state index contributed by atoms with van der Waals surface area (Å²) in [5, 5.41) is 11.2. The van der Waals surface area contributed by atoms with E-state index in [9.17, 15) is 9.18 Å². The topological polar surface area (TPSA) is 73.0 Å². The highest BCUT2D eigenvalue weighted by molar-refractivity contribution is 5.76. The maximum absolute atomic E-state index is 13.1. The van der Waals surface area contributed by atoms with Gasteiger partial charge in [-0.15, -0.1) is 10.2 Å². The van der Waals surface area contributed by atoms with E-state index in [0.717, 1.165) is 28.1 Å². The second-order valence-corrected chi connectivity index (χ2v) is 7.49. The second kappa shape index (κ2) is 8.55. The highest BCUT2D eigenvalue weighted by Gasteiger charge is 2.18. The number of nitrogens with zero attached hydrogens (tertiary/aromatic N) is 3. The Morgan fingerprint density at radius 3 is 2.48 bits per heavy atom. The van der Waals surface area contributed by atoms with Crippen molar-refractivity contribution in [1.29, 1.82) is 0 Å². The summed E-state index contributed by atoms with van der Waals surface area (Å²) in [7, 11) is 0. The van der Waals surface area contributed by atoms with Gasteiger partial charge in [-0.2, -0.15) is 0 Å². The Morgan fingerprint density at radius 2 is 1.74 bits per heavy atom. The molecule has 4 rings (SSSR count). The van der Waals surface area contributed by atoms with Crippen molar-refractivity contribution in [2.24, 2.45) is 0 Å². The molecular weight excluding hydrogens is 395 g/mol. The second-order valence-electron chi connectivity index (χ2n) is 7.49. The van der Waals surface area contributed by atoms with Gasteiger partial charge in [0.05, 0.1) is 5.56 Å². The number of rotatable bonds is 6. The lowest BCUT2D eigenvalue weighted by Gasteiger charge is -2.11. The largest absolute Gasteiger partial charge is 0.416 e. The predicted molar refractivity (Wildman–Crippen MR) is 116 cm³/mol. The molecule has 0 aliphatic rings. The number of hydrogen-bond acceptors (Lipinski definition) is 4. The number of carbonyl (C=O) groups excluding carboxylic acids is 1. The monoisotopic (exact) mass is 418 g/mol. The summed E-state index contributed by atoms with van der Waals surface area (Å²) < 4.78 is 20.9. The molecule has 0 fully saturated rings. The molecule has 2 aromatic carbocycles. The molecule has 7 heteroatoms. The van der Waals surface area contributed by atoms with Gasteiger partial charge in [-0.05, 0) is 62.2 Å². The first kappa shape index (κ1) is 20.5. The zero-order chi connectivity index (χ0) is 22.0. The van der Waals surface area contributed by atoms with Crippen molar-refractivity contribution in [1.82, 2.24) is 20.1 Å². The molecule has 0 unspecified atom stereocenters. The van der Waals surface area contributed by atoms with Gasteiger partial charge in [-0.3, -0.25) is 4.79 Å². The van der Waals surface area contributed by atoms with Crippen LogP contribution in [0, 0.1) is 26.6 Å². The maximum Gasteiger partial charge on any atom is 0.249 e. The van der Waals surface area contributed by atoms with Crippen LogP contribution in [-0.2, 0) is 17.9 Å². The lowest BCUT2D eigenvalue weighted by Crippen LogP contribution is -2.28. The van der Waals surface area contributed by atoms with Crippen molar-refractivity contribution in [3.63, 3.8) is 0 Å². The molecule has 2 heterocycles. The Morgan fingerprint density at radius 1 is 1.03 bits per heavy atom. The number of hydrogen-bond donors (Lipinski definition) is 1. The van der Waals surface area contributed by atoms with E-state index in [4.69, 9.17) is 4.42 Å². The highest BCUT2D eigenvalue weighted by Crippen LogP contribution is 2.28. The first-order valence-electron chi connectivity index (χ1n) is 10.00. The SMILES string of the molecule is Cc1ccccc1CNC(=O)Cn1c(C)cc(-c2nnc(-c3ccc(F)cc3)o2)c1C. The molecule has 158 valence electrons. The molecule has 0 saturated heterocycles. The number of carbonyl (C=O) groups is 1. The van der Waals surface area contributed by atoms with Crippen molar-refractivity contribution in [3.05, 3.63) is 82.9 Å². The third-order valence-corrected chi connectivity index (χ3v) is 5.36. The summed E-state index contributed by atoms with van der Waals surface area (Å²) in [6.45, 7) is 6.56. The fourth-order valence-electron chi connectivity index (χ4n) is 3.50. The van der Waals surface area contributed by atoms with E-state index in [1.54, 1.807) is 12.1 Å². The summed E-state index contributed by atoms with van der Waals surface area (Å²) in [6.07, 6.45) is 0. The Bertz CT molecular complexity index is 1220. The van der Waals surface area contributed by atoms with Crippen LogP contribution in [-0.4, -0.2) is 20.7 Å². The molecule has 0 saturated carbocycles. The minimum atomic E-state index is -0.326. The molecule has 0 aliphatic carbocycles. The van der Waals surface area contributed by atoms with Gasteiger partial charge in [-0.1, -0.05) is 24.3 Å².